The lowest BCUT2D eigenvalue weighted by molar-refractivity contribution is 0.669. The number of benzene rings is 10. The molecule has 0 aliphatic heterocycles. The Balaban J connectivity index is 1.10. The molecule has 10 aromatic carbocycles. The van der Waals surface area contributed by atoms with Crippen molar-refractivity contribution in [3.05, 3.63) is 249 Å². The van der Waals surface area contributed by atoms with Gasteiger partial charge in [0.25, 0.3) is 0 Å². The van der Waals surface area contributed by atoms with Crippen LogP contribution >= 0.6 is 11.3 Å². The summed E-state index contributed by atoms with van der Waals surface area (Å²) in [4.78, 5) is 2.39. The molecule has 0 spiro atoms. The first kappa shape index (κ1) is 38.0. The highest BCUT2D eigenvalue weighted by atomic mass is 32.1. The standard InChI is InChI=1S/C60H41NOSSi/c1-5-19-42(20-6-1)55-41-44(37-40-49(55)53-30-17-31-54-51-28-14-16-34-58(51)63-60(53)54)61(56-32-18-29-52-50-27-13-15-33-57(50)62-59(52)56)43-35-38-48(39-36-43)64(45-21-7-2-8-22-45,46-23-9-3-10-24-46)47-25-11-4-12-26-47/h1-41H. The average Bonchev–Trinajstić information content (AvgIpc) is 3.96. The number of para-hydroxylation sites is 2. The molecule has 0 bridgehead atoms. The van der Waals surface area contributed by atoms with Crippen molar-refractivity contribution in [1.82, 2.24) is 0 Å². The van der Waals surface area contributed by atoms with E-state index in [-0.39, 0.29) is 0 Å². The Morgan fingerprint density at radius 2 is 0.891 bits per heavy atom. The fraction of sp³-hybridized carbons (Fsp3) is 0. The molecular weight excluding hydrogens is 811 g/mol. The van der Waals surface area contributed by atoms with Crippen molar-refractivity contribution < 1.29 is 4.42 Å². The van der Waals surface area contributed by atoms with Crippen molar-refractivity contribution in [2.24, 2.45) is 0 Å². The second-order valence-electron chi connectivity index (χ2n) is 16.4. The summed E-state index contributed by atoms with van der Waals surface area (Å²) >= 11 is 1.87. The van der Waals surface area contributed by atoms with E-state index in [0.29, 0.717) is 0 Å². The van der Waals surface area contributed by atoms with Gasteiger partial charge in [-0.2, -0.15) is 0 Å². The summed E-state index contributed by atoms with van der Waals surface area (Å²) in [5.74, 6) is 0. The Hall–Kier alpha value is -7.76. The van der Waals surface area contributed by atoms with Gasteiger partial charge in [-0.15, -0.1) is 11.3 Å². The molecule has 12 rings (SSSR count). The summed E-state index contributed by atoms with van der Waals surface area (Å²) < 4.78 is 9.41. The van der Waals surface area contributed by atoms with E-state index in [1.165, 1.54) is 63.2 Å². The highest BCUT2D eigenvalue weighted by molar-refractivity contribution is 7.26. The smallest absolute Gasteiger partial charge is 0.179 e. The summed E-state index contributed by atoms with van der Waals surface area (Å²) in [6.45, 7) is 0. The minimum atomic E-state index is -2.75. The summed E-state index contributed by atoms with van der Waals surface area (Å²) in [5, 5.41) is 10.2. The summed E-state index contributed by atoms with van der Waals surface area (Å²) in [7, 11) is -2.75. The van der Waals surface area contributed by atoms with Crippen molar-refractivity contribution in [3.8, 4) is 22.3 Å². The Kier molecular flexibility index (Phi) is 9.40. The van der Waals surface area contributed by atoms with Crippen LogP contribution in [0.25, 0.3) is 64.4 Å². The predicted molar refractivity (Wildman–Crippen MR) is 276 cm³/mol. The van der Waals surface area contributed by atoms with Crippen LogP contribution in [0.5, 0.6) is 0 Å². The largest absolute Gasteiger partial charge is 0.454 e. The van der Waals surface area contributed by atoms with Crippen LogP contribution < -0.4 is 25.6 Å². The Morgan fingerprint density at radius 1 is 0.359 bits per heavy atom. The van der Waals surface area contributed by atoms with Crippen molar-refractivity contribution in [3.63, 3.8) is 0 Å². The van der Waals surface area contributed by atoms with Crippen LogP contribution in [-0.2, 0) is 0 Å². The third-order valence-electron chi connectivity index (χ3n) is 12.8. The maximum Gasteiger partial charge on any atom is 0.179 e. The quantitative estimate of drug-likeness (QED) is 0.106. The molecule has 12 aromatic rings. The van der Waals surface area contributed by atoms with Crippen LogP contribution in [0.2, 0.25) is 0 Å². The number of thiophene rings is 1. The third kappa shape index (κ3) is 6.22. The van der Waals surface area contributed by atoms with Crippen LogP contribution in [0.15, 0.2) is 253 Å². The molecule has 0 fully saturated rings. The zero-order valence-corrected chi connectivity index (χ0v) is 36.8. The molecular formula is C60H41NOSSi. The van der Waals surface area contributed by atoms with Gasteiger partial charge in [0.1, 0.15) is 5.58 Å². The normalized spacial score (nSPS) is 11.8. The van der Waals surface area contributed by atoms with Gasteiger partial charge in [0, 0.05) is 47.9 Å². The lowest BCUT2D eigenvalue weighted by atomic mass is 9.92. The van der Waals surface area contributed by atoms with Crippen molar-refractivity contribution in [2.45, 2.75) is 0 Å². The van der Waals surface area contributed by atoms with Gasteiger partial charge in [-0.05, 0) is 79.9 Å². The van der Waals surface area contributed by atoms with Gasteiger partial charge in [0.15, 0.2) is 13.7 Å². The molecule has 0 aliphatic rings. The first-order valence-corrected chi connectivity index (χ1v) is 24.6. The second kappa shape index (κ2) is 15.9. The Bertz CT molecular complexity index is 3500. The number of hydrogen-bond acceptors (Lipinski definition) is 3. The number of anilines is 3. The summed E-state index contributed by atoms with van der Waals surface area (Å²) in [5.41, 5.74) is 9.59. The minimum Gasteiger partial charge on any atom is -0.454 e. The highest BCUT2D eigenvalue weighted by Gasteiger charge is 2.41. The molecule has 2 nitrogen and oxygen atoms in total. The van der Waals surface area contributed by atoms with Crippen LogP contribution in [0.1, 0.15) is 0 Å². The van der Waals surface area contributed by atoms with Crippen LogP contribution in [-0.4, -0.2) is 8.07 Å². The second-order valence-corrected chi connectivity index (χ2v) is 21.2. The Labute approximate surface area is 377 Å². The van der Waals surface area contributed by atoms with Gasteiger partial charge < -0.3 is 9.32 Å². The lowest BCUT2D eigenvalue weighted by Crippen LogP contribution is -2.74. The molecule has 302 valence electrons. The number of hydrogen-bond donors (Lipinski definition) is 0. The van der Waals surface area contributed by atoms with E-state index >= 15 is 0 Å². The SMILES string of the molecule is c1ccc(-c2cc(N(c3ccc([Si](c4ccccc4)(c4ccccc4)c4ccccc4)cc3)c3cccc4c3oc3ccccc34)ccc2-c2cccc3c2sc2ccccc23)cc1. The molecule has 0 aliphatic carbocycles. The highest BCUT2D eigenvalue weighted by Crippen LogP contribution is 2.47. The van der Waals surface area contributed by atoms with Gasteiger partial charge in [-0.3, -0.25) is 0 Å². The molecule has 0 atom stereocenters. The van der Waals surface area contributed by atoms with Crippen molar-refractivity contribution in [1.29, 1.82) is 0 Å². The van der Waals surface area contributed by atoms with E-state index in [1.54, 1.807) is 0 Å². The number of rotatable bonds is 9. The molecule has 2 heterocycles. The topological polar surface area (TPSA) is 16.4 Å². The van der Waals surface area contributed by atoms with Gasteiger partial charge in [-0.25, -0.2) is 0 Å². The van der Waals surface area contributed by atoms with Gasteiger partial charge in [-0.1, -0.05) is 206 Å². The maximum atomic E-state index is 6.81. The predicted octanol–water partition coefficient (Wildman–Crippen LogP) is 14.1. The molecule has 0 amide bonds. The van der Waals surface area contributed by atoms with E-state index in [4.69, 9.17) is 4.42 Å². The van der Waals surface area contributed by atoms with Gasteiger partial charge in [0.05, 0.1) is 5.69 Å². The molecule has 0 saturated carbocycles. The summed E-state index contributed by atoms with van der Waals surface area (Å²) in [6, 6.07) is 91.0. The molecule has 0 N–H and O–H groups in total. The summed E-state index contributed by atoms with van der Waals surface area (Å²) in [6.07, 6.45) is 0. The van der Waals surface area contributed by atoms with E-state index in [1.807, 2.05) is 17.4 Å². The maximum absolute atomic E-state index is 6.81. The fourth-order valence-corrected chi connectivity index (χ4v) is 16.0. The molecule has 0 radical (unpaired) electrons. The Morgan fingerprint density at radius 3 is 1.58 bits per heavy atom. The van der Waals surface area contributed by atoms with Crippen molar-refractivity contribution >= 4 is 99.3 Å². The molecule has 0 unspecified atom stereocenters. The zero-order valence-electron chi connectivity index (χ0n) is 34.9. The first-order valence-electron chi connectivity index (χ1n) is 21.8. The number of furan rings is 1. The molecule has 2 aromatic heterocycles. The third-order valence-corrected chi connectivity index (χ3v) is 18.9. The van der Waals surface area contributed by atoms with E-state index in [9.17, 15) is 0 Å². The minimum absolute atomic E-state index is 0.856. The van der Waals surface area contributed by atoms with E-state index < -0.39 is 8.07 Å². The van der Waals surface area contributed by atoms with Crippen LogP contribution in [0.3, 0.4) is 0 Å². The molecule has 4 heteroatoms. The van der Waals surface area contributed by atoms with E-state index in [2.05, 4.69) is 248 Å². The van der Waals surface area contributed by atoms with Crippen LogP contribution in [0.4, 0.5) is 17.1 Å². The zero-order chi connectivity index (χ0) is 42.5. The van der Waals surface area contributed by atoms with Gasteiger partial charge >= 0.3 is 0 Å². The molecule has 64 heavy (non-hydrogen) atoms. The lowest BCUT2D eigenvalue weighted by Gasteiger charge is -2.35. The average molecular weight is 852 g/mol. The molecule has 0 saturated heterocycles. The number of fused-ring (bicyclic) bond motifs is 6. The first-order chi connectivity index (χ1) is 31.8. The number of nitrogens with zero attached hydrogens (tertiary/aromatic N) is 1. The monoisotopic (exact) mass is 851 g/mol. The van der Waals surface area contributed by atoms with Crippen LogP contribution in [0, 0.1) is 0 Å². The van der Waals surface area contributed by atoms with Crippen molar-refractivity contribution in [2.75, 3.05) is 4.90 Å². The fourth-order valence-electron chi connectivity index (χ4n) is 9.98. The van der Waals surface area contributed by atoms with Gasteiger partial charge in [0.2, 0.25) is 0 Å². The van der Waals surface area contributed by atoms with E-state index in [0.717, 1.165) is 39.0 Å².